The molecular formula is C12H15IN2O2. The number of carbonyl (C=O) groups excluding carboxylic acids is 2. The number of halogens is 1. The van der Waals surface area contributed by atoms with Gasteiger partial charge in [-0.2, -0.15) is 0 Å². The zero-order chi connectivity index (χ0) is 12.7. The molecule has 1 aromatic rings. The molecule has 0 saturated carbocycles. The molecule has 0 radical (unpaired) electrons. The zero-order valence-electron chi connectivity index (χ0n) is 9.63. The van der Waals surface area contributed by atoms with Crippen LogP contribution in [-0.4, -0.2) is 24.9 Å². The van der Waals surface area contributed by atoms with Crippen molar-refractivity contribution in [2.75, 3.05) is 13.1 Å². The van der Waals surface area contributed by atoms with Crippen LogP contribution in [0.2, 0.25) is 0 Å². The van der Waals surface area contributed by atoms with Gasteiger partial charge in [0.2, 0.25) is 5.91 Å². The Bertz CT molecular complexity index is 407. The highest BCUT2D eigenvalue weighted by atomic mass is 127. The van der Waals surface area contributed by atoms with Crippen molar-refractivity contribution < 1.29 is 9.59 Å². The number of rotatable bonds is 5. The molecule has 17 heavy (non-hydrogen) atoms. The standard InChI is InChI=1S/C12H15IN2O2/c1-2-14-11(16)6-7-15-12(17)9-4-3-5-10(13)8-9/h3-5,8H,2,6-7H2,1H3,(H,14,16)(H,15,17). The Labute approximate surface area is 114 Å². The topological polar surface area (TPSA) is 58.2 Å². The lowest BCUT2D eigenvalue weighted by molar-refractivity contribution is -0.120. The zero-order valence-corrected chi connectivity index (χ0v) is 11.8. The molecule has 2 N–H and O–H groups in total. The summed E-state index contributed by atoms with van der Waals surface area (Å²) in [6, 6.07) is 7.32. The van der Waals surface area contributed by atoms with Crippen molar-refractivity contribution >= 4 is 34.4 Å². The molecule has 0 aliphatic carbocycles. The second-order valence-electron chi connectivity index (χ2n) is 3.47. The van der Waals surface area contributed by atoms with E-state index in [0.717, 1.165) is 3.57 Å². The highest BCUT2D eigenvalue weighted by molar-refractivity contribution is 14.1. The van der Waals surface area contributed by atoms with Crippen LogP contribution in [0, 0.1) is 3.57 Å². The van der Waals surface area contributed by atoms with Crippen LogP contribution in [-0.2, 0) is 4.79 Å². The second kappa shape index (κ2) is 7.26. The van der Waals surface area contributed by atoms with Crippen molar-refractivity contribution in [2.24, 2.45) is 0 Å². The summed E-state index contributed by atoms with van der Waals surface area (Å²) in [7, 11) is 0. The van der Waals surface area contributed by atoms with Gasteiger partial charge in [0.1, 0.15) is 0 Å². The van der Waals surface area contributed by atoms with Crippen LogP contribution in [0.4, 0.5) is 0 Å². The molecule has 0 atom stereocenters. The van der Waals surface area contributed by atoms with Crippen molar-refractivity contribution in [2.45, 2.75) is 13.3 Å². The van der Waals surface area contributed by atoms with E-state index in [4.69, 9.17) is 0 Å². The minimum absolute atomic E-state index is 0.0459. The van der Waals surface area contributed by atoms with Gasteiger partial charge in [-0.05, 0) is 47.7 Å². The number of carbonyl (C=O) groups is 2. The van der Waals surface area contributed by atoms with Gasteiger partial charge in [0, 0.05) is 28.6 Å². The van der Waals surface area contributed by atoms with E-state index in [1.807, 2.05) is 25.1 Å². The third kappa shape index (κ3) is 5.16. The van der Waals surface area contributed by atoms with E-state index in [1.165, 1.54) is 0 Å². The Balaban J connectivity index is 2.38. The summed E-state index contributed by atoms with van der Waals surface area (Å²) in [4.78, 5) is 22.8. The molecule has 1 rings (SSSR count). The summed E-state index contributed by atoms with van der Waals surface area (Å²) >= 11 is 2.15. The van der Waals surface area contributed by atoms with E-state index in [2.05, 4.69) is 33.2 Å². The van der Waals surface area contributed by atoms with Crippen molar-refractivity contribution in [1.29, 1.82) is 0 Å². The molecule has 0 unspecified atom stereocenters. The first kappa shape index (κ1) is 14.0. The largest absolute Gasteiger partial charge is 0.356 e. The molecule has 0 heterocycles. The molecule has 2 amide bonds. The molecule has 4 nitrogen and oxygen atoms in total. The first-order valence-corrected chi connectivity index (χ1v) is 6.52. The summed E-state index contributed by atoms with van der Waals surface area (Å²) in [5.74, 6) is -0.191. The lowest BCUT2D eigenvalue weighted by Crippen LogP contribution is -2.30. The van der Waals surface area contributed by atoms with Gasteiger partial charge in [0.15, 0.2) is 0 Å². The predicted octanol–water partition coefficient (Wildman–Crippen LogP) is 1.55. The average Bonchev–Trinajstić information content (AvgIpc) is 2.29. The van der Waals surface area contributed by atoms with Gasteiger partial charge >= 0.3 is 0 Å². The predicted molar refractivity (Wildman–Crippen MR) is 74.8 cm³/mol. The van der Waals surface area contributed by atoms with Gasteiger partial charge in [-0.1, -0.05) is 6.07 Å². The summed E-state index contributed by atoms with van der Waals surface area (Å²) in [6.07, 6.45) is 0.309. The number of hydrogen-bond donors (Lipinski definition) is 2. The van der Waals surface area contributed by atoms with Gasteiger partial charge in [-0.3, -0.25) is 9.59 Å². The van der Waals surface area contributed by atoms with Gasteiger partial charge in [0.05, 0.1) is 0 Å². The van der Waals surface area contributed by atoms with Gasteiger partial charge in [-0.25, -0.2) is 0 Å². The van der Waals surface area contributed by atoms with Crippen LogP contribution in [0.1, 0.15) is 23.7 Å². The van der Waals surface area contributed by atoms with Crippen molar-refractivity contribution in [3.63, 3.8) is 0 Å². The molecule has 1 aromatic carbocycles. The molecule has 0 aliphatic rings. The number of benzene rings is 1. The maximum absolute atomic E-state index is 11.7. The molecule has 0 spiro atoms. The van der Waals surface area contributed by atoms with E-state index in [1.54, 1.807) is 6.07 Å². The maximum atomic E-state index is 11.7. The third-order valence-electron chi connectivity index (χ3n) is 2.10. The first-order valence-electron chi connectivity index (χ1n) is 5.44. The van der Waals surface area contributed by atoms with Crippen molar-refractivity contribution in [3.05, 3.63) is 33.4 Å². The highest BCUT2D eigenvalue weighted by Crippen LogP contribution is 2.07. The minimum atomic E-state index is -0.146. The van der Waals surface area contributed by atoms with E-state index < -0.39 is 0 Å². The van der Waals surface area contributed by atoms with Gasteiger partial charge in [0.25, 0.3) is 5.91 Å². The Hall–Kier alpha value is -1.11. The normalized spacial score (nSPS) is 9.76. The smallest absolute Gasteiger partial charge is 0.251 e. The molecular weight excluding hydrogens is 331 g/mol. The van der Waals surface area contributed by atoms with E-state index in [9.17, 15) is 9.59 Å². The van der Waals surface area contributed by atoms with Gasteiger partial charge < -0.3 is 10.6 Å². The fourth-order valence-corrected chi connectivity index (χ4v) is 1.85. The van der Waals surface area contributed by atoms with E-state index in [-0.39, 0.29) is 11.8 Å². The molecule has 0 saturated heterocycles. The fourth-order valence-electron chi connectivity index (χ4n) is 1.31. The monoisotopic (exact) mass is 346 g/mol. The summed E-state index contributed by atoms with van der Waals surface area (Å²) in [5.41, 5.74) is 0.618. The summed E-state index contributed by atoms with van der Waals surface area (Å²) in [5, 5.41) is 5.39. The highest BCUT2D eigenvalue weighted by Gasteiger charge is 2.06. The van der Waals surface area contributed by atoms with Crippen LogP contribution in [0.3, 0.4) is 0 Å². The summed E-state index contributed by atoms with van der Waals surface area (Å²) < 4.78 is 1.01. The summed E-state index contributed by atoms with van der Waals surface area (Å²) in [6.45, 7) is 2.84. The van der Waals surface area contributed by atoms with Gasteiger partial charge in [-0.15, -0.1) is 0 Å². The number of amides is 2. The third-order valence-corrected chi connectivity index (χ3v) is 2.77. The van der Waals surface area contributed by atoms with Crippen LogP contribution >= 0.6 is 22.6 Å². The van der Waals surface area contributed by atoms with Crippen molar-refractivity contribution in [1.82, 2.24) is 10.6 Å². The Morgan fingerprint density at radius 2 is 2.06 bits per heavy atom. The number of hydrogen-bond acceptors (Lipinski definition) is 2. The van der Waals surface area contributed by atoms with Crippen LogP contribution in [0.25, 0.3) is 0 Å². The van der Waals surface area contributed by atoms with E-state index in [0.29, 0.717) is 25.1 Å². The Morgan fingerprint density at radius 3 is 2.71 bits per heavy atom. The lowest BCUT2D eigenvalue weighted by atomic mass is 10.2. The van der Waals surface area contributed by atoms with Crippen molar-refractivity contribution in [3.8, 4) is 0 Å². The molecule has 5 heteroatoms. The quantitative estimate of drug-likeness (QED) is 0.795. The van der Waals surface area contributed by atoms with Crippen LogP contribution in [0.5, 0.6) is 0 Å². The lowest BCUT2D eigenvalue weighted by Gasteiger charge is -2.05. The molecule has 0 bridgehead atoms. The first-order chi connectivity index (χ1) is 8.13. The molecule has 0 aliphatic heterocycles. The average molecular weight is 346 g/mol. The fraction of sp³-hybridized carbons (Fsp3) is 0.333. The molecule has 0 aromatic heterocycles. The van der Waals surface area contributed by atoms with Crippen LogP contribution < -0.4 is 10.6 Å². The Kier molecular flexibility index (Phi) is 5.96. The minimum Gasteiger partial charge on any atom is -0.356 e. The van der Waals surface area contributed by atoms with E-state index >= 15 is 0 Å². The molecule has 0 fully saturated rings. The van der Waals surface area contributed by atoms with Crippen LogP contribution in [0.15, 0.2) is 24.3 Å². The second-order valence-corrected chi connectivity index (χ2v) is 4.72. The number of nitrogens with one attached hydrogen (secondary N) is 2. The maximum Gasteiger partial charge on any atom is 0.251 e. The SMILES string of the molecule is CCNC(=O)CCNC(=O)c1cccc(I)c1. The Morgan fingerprint density at radius 1 is 1.29 bits per heavy atom. The molecule has 92 valence electrons.